The highest BCUT2D eigenvalue weighted by atomic mass is 16.5. The zero-order chi connectivity index (χ0) is 12.3. The summed E-state index contributed by atoms with van der Waals surface area (Å²) >= 11 is 0. The minimum absolute atomic E-state index is 0.191. The molecular weight excluding hydrogens is 202 g/mol. The topological polar surface area (TPSA) is 55.5 Å². The number of aryl methyl sites for hydroxylation is 2. The third-order valence-electron chi connectivity index (χ3n) is 2.84. The Morgan fingerprint density at radius 2 is 1.81 bits per heavy atom. The quantitative estimate of drug-likeness (QED) is 0.817. The van der Waals surface area contributed by atoms with Gasteiger partial charge in [0.15, 0.2) is 0 Å². The molecule has 0 saturated carbocycles. The van der Waals surface area contributed by atoms with Gasteiger partial charge in [0.1, 0.15) is 18.0 Å². The second kappa shape index (κ2) is 4.85. The van der Waals surface area contributed by atoms with Gasteiger partial charge in [-0.15, -0.1) is 0 Å². The summed E-state index contributed by atoms with van der Waals surface area (Å²) in [5.41, 5.74) is 7.86. The zero-order valence-corrected chi connectivity index (χ0v) is 10.5. The first kappa shape index (κ1) is 13.0. The van der Waals surface area contributed by atoms with Crippen molar-refractivity contribution in [2.45, 2.75) is 33.3 Å². The van der Waals surface area contributed by atoms with Crippen LogP contribution in [0.3, 0.4) is 0 Å². The van der Waals surface area contributed by atoms with E-state index in [1.165, 1.54) is 5.56 Å². The molecule has 1 atom stereocenters. The van der Waals surface area contributed by atoms with Gasteiger partial charge >= 0.3 is 0 Å². The number of rotatable bonds is 4. The lowest BCUT2D eigenvalue weighted by atomic mass is 10.0. The van der Waals surface area contributed by atoms with Crippen LogP contribution in [0.5, 0.6) is 5.75 Å². The molecule has 90 valence electrons. The summed E-state index contributed by atoms with van der Waals surface area (Å²) in [5.74, 6) is 0.855. The number of nitrogens with two attached hydrogens (primary N) is 1. The molecule has 3 nitrogen and oxygen atoms in total. The van der Waals surface area contributed by atoms with Crippen LogP contribution in [0.15, 0.2) is 12.1 Å². The number of hydrogen-bond donors (Lipinski definition) is 2. The summed E-state index contributed by atoms with van der Waals surface area (Å²) in [5, 5.41) is 9.79. The minimum atomic E-state index is -0.970. The number of hydrogen-bond acceptors (Lipinski definition) is 3. The molecule has 0 spiro atoms. The van der Waals surface area contributed by atoms with E-state index >= 15 is 0 Å². The van der Waals surface area contributed by atoms with E-state index in [4.69, 9.17) is 10.5 Å². The fourth-order valence-corrected chi connectivity index (χ4v) is 1.43. The maximum atomic E-state index is 9.79. The average molecular weight is 223 g/mol. The Morgan fingerprint density at radius 3 is 2.38 bits per heavy atom. The van der Waals surface area contributed by atoms with Crippen molar-refractivity contribution in [3.63, 3.8) is 0 Å². The minimum Gasteiger partial charge on any atom is -0.490 e. The van der Waals surface area contributed by atoms with E-state index < -0.39 is 5.60 Å². The first-order valence-electron chi connectivity index (χ1n) is 5.49. The van der Waals surface area contributed by atoms with Gasteiger partial charge in [0.25, 0.3) is 0 Å². The highest BCUT2D eigenvalue weighted by Crippen LogP contribution is 2.26. The largest absolute Gasteiger partial charge is 0.490 e. The molecule has 0 radical (unpaired) electrons. The van der Waals surface area contributed by atoms with Crippen LogP contribution in [0.25, 0.3) is 0 Å². The third-order valence-corrected chi connectivity index (χ3v) is 2.84. The summed E-state index contributed by atoms with van der Waals surface area (Å²) in [7, 11) is 0. The molecule has 0 aromatic heterocycles. The van der Waals surface area contributed by atoms with Gasteiger partial charge < -0.3 is 15.6 Å². The second-order valence-electron chi connectivity index (χ2n) is 4.64. The molecular formula is C13H21NO2. The lowest BCUT2D eigenvalue weighted by Gasteiger charge is -2.23. The highest BCUT2D eigenvalue weighted by molar-refractivity contribution is 5.44. The second-order valence-corrected chi connectivity index (χ2v) is 4.64. The molecule has 0 aliphatic heterocycles. The average Bonchev–Trinajstić information content (AvgIpc) is 2.24. The Morgan fingerprint density at radius 1 is 1.25 bits per heavy atom. The van der Waals surface area contributed by atoms with Gasteiger partial charge in [-0.3, -0.25) is 0 Å². The Balaban J connectivity index is 2.86. The van der Waals surface area contributed by atoms with Gasteiger partial charge in [-0.25, -0.2) is 0 Å². The van der Waals surface area contributed by atoms with Gasteiger partial charge in [0, 0.05) is 6.54 Å². The van der Waals surface area contributed by atoms with E-state index in [9.17, 15) is 5.11 Å². The molecule has 0 saturated heterocycles. The SMILES string of the molecule is Cc1ccc(C)c(OCC(C)(O)CN)c1C. The molecule has 16 heavy (non-hydrogen) atoms. The molecule has 3 N–H and O–H groups in total. The van der Waals surface area contributed by atoms with Crippen LogP contribution in [0.4, 0.5) is 0 Å². The lowest BCUT2D eigenvalue weighted by molar-refractivity contribution is 0.0191. The third kappa shape index (κ3) is 2.97. The predicted octanol–water partition coefficient (Wildman–Crippen LogP) is 1.70. The molecule has 0 aliphatic carbocycles. The first-order chi connectivity index (χ1) is 7.37. The summed E-state index contributed by atoms with van der Waals surface area (Å²) < 4.78 is 5.67. The molecule has 0 aliphatic rings. The Hall–Kier alpha value is -1.06. The first-order valence-corrected chi connectivity index (χ1v) is 5.49. The van der Waals surface area contributed by atoms with Crippen molar-refractivity contribution in [3.8, 4) is 5.75 Å². The zero-order valence-electron chi connectivity index (χ0n) is 10.5. The maximum Gasteiger partial charge on any atom is 0.125 e. The van der Waals surface area contributed by atoms with Crippen molar-refractivity contribution < 1.29 is 9.84 Å². The van der Waals surface area contributed by atoms with Crippen molar-refractivity contribution in [1.29, 1.82) is 0 Å². The smallest absolute Gasteiger partial charge is 0.125 e. The molecule has 0 fully saturated rings. The van der Waals surface area contributed by atoms with Crippen LogP contribution in [-0.2, 0) is 0 Å². The molecule has 0 bridgehead atoms. The number of ether oxygens (including phenoxy) is 1. The van der Waals surface area contributed by atoms with E-state index in [1.54, 1.807) is 6.92 Å². The van der Waals surface area contributed by atoms with Crippen molar-refractivity contribution in [2.24, 2.45) is 5.73 Å². The number of aliphatic hydroxyl groups is 1. The Labute approximate surface area is 97.2 Å². The standard InChI is InChI=1S/C13H21NO2/c1-9-5-6-10(2)12(11(9)3)16-8-13(4,15)7-14/h5-6,15H,7-8,14H2,1-4H3. The molecule has 1 aromatic rings. The van der Waals surface area contributed by atoms with Crippen molar-refractivity contribution in [1.82, 2.24) is 0 Å². The van der Waals surface area contributed by atoms with E-state index in [0.29, 0.717) is 0 Å². The van der Waals surface area contributed by atoms with E-state index in [1.807, 2.05) is 26.8 Å². The van der Waals surface area contributed by atoms with Gasteiger partial charge in [0.05, 0.1) is 0 Å². The van der Waals surface area contributed by atoms with Crippen LogP contribution in [-0.4, -0.2) is 23.9 Å². The van der Waals surface area contributed by atoms with E-state index in [-0.39, 0.29) is 13.2 Å². The summed E-state index contributed by atoms with van der Waals surface area (Å²) in [6, 6.07) is 4.09. The van der Waals surface area contributed by atoms with Crippen molar-refractivity contribution in [3.05, 3.63) is 28.8 Å². The van der Waals surface area contributed by atoms with Crippen LogP contribution >= 0.6 is 0 Å². The van der Waals surface area contributed by atoms with Gasteiger partial charge in [-0.1, -0.05) is 12.1 Å². The van der Waals surface area contributed by atoms with Crippen LogP contribution < -0.4 is 10.5 Å². The number of benzene rings is 1. The van der Waals surface area contributed by atoms with Crippen LogP contribution in [0.2, 0.25) is 0 Å². The summed E-state index contributed by atoms with van der Waals surface area (Å²) in [6.45, 7) is 8.15. The van der Waals surface area contributed by atoms with E-state index in [0.717, 1.165) is 16.9 Å². The van der Waals surface area contributed by atoms with Gasteiger partial charge in [0.2, 0.25) is 0 Å². The molecule has 3 heteroatoms. The van der Waals surface area contributed by atoms with Crippen molar-refractivity contribution in [2.75, 3.05) is 13.2 Å². The molecule has 1 rings (SSSR count). The molecule has 1 aromatic carbocycles. The Bertz CT molecular complexity index is 372. The highest BCUT2D eigenvalue weighted by Gasteiger charge is 2.20. The predicted molar refractivity (Wildman–Crippen MR) is 65.8 cm³/mol. The summed E-state index contributed by atoms with van der Waals surface area (Å²) in [4.78, 5) is 0. The molecule has 0 amide bonds. The summed E-state index contributed by atoms with van der Waals surface area (Å²) in [6.07, 6.45) is 0. The lowest BCUT2D eigenvalue weighted by Crippen LogP contribution is -2.40. The Kier molecular flexibility index (Phi) is 3.94. The van der Waals surface area contributed by atoms with Crippen LogP contribution in [0.1, 0.15) is 23.6 Å². The monoisotopic (exact) mass is 223 g/mol. The van der Waals surface area contributed by atoms with Crippen molar-refractivity contribution >= 4 is 0 Å². The van der Waals surface area contributed by atoms with Gasteiger partial charge in [-0.2, -0.15) is 0 Å². The fraction of sp³-hybridized carbons (Fsp3) is 0.538. The molecule has 1 unspecified atom stereocenters. The molecule has 0 heterocycles. The van der Waals surface area contributed by atoms with Gasteiger partial charge in [-0.05, 0) is 44.4 Å². The van der Waals surface area contributed by atoms with Crippen LogP contribution in [0, 0.1) is 20.8 Å². The van der Waals surface area contributed by atoms with E-state index in [2.05, 4.69) is 6.07 Å². The fourth-order valence-electron chi connectivity index (χ4n) is 1.43. The normalized spacial score (nSPS) is 14.6. The maximum absolute atomic E-state index is 9.79.